The van der Waals surface area contributed by atoms with Crippen molar-refractivity contribution in [3.05, 3.63) is 39.2 Å². The minimum Gasteiger partial charge on any atom is -0.481 e. The fraction of sp³-hybridized carbons (Fsp3) is 0.231. The number of nitrogens with zero attached hydrogens (tertiary/aromatic N) is 2. The van der Waals surface area contributed by atoms with Crippen molar-refractivity contribution in [3.8, 4) is 5.88 Å². The fourth-order valence-corrected chi connectivity index (χ4v) is 2.51. The summed E-state index contributed by atoms with van der Waals surface area (Å²) in [5.74, 6) is 0.409. The molecule has 9 heteroatoms. The van der Waals surface area contributed by atoms with Crippen molar-refractivity contribution in [2.75, 3.05) is 12.4 Å². The quantitative estimate of drug-likeness (QED) is 0.604. The van der Waals surface area contributed by atoms with E-state index in [1.54, 1.807) is 25.3 Å². The number of halogens is 1. The van der Waals surface area contributed by atoms with E-state index in [-0.39, 0.29) is 17.3 Å². The van der Waals surface area contributed by atoms with Crippen LogP contribution in [0.4, 0.5) is 5.82 Å². The normalized spacial score (nSPS) is 11.8. The molecule has 0 aliphatic rings. The van der Waals surface area contributed by atoms with Gasteiger partial charge in [-0.1, -0.05) is 11.8 Å². The van der Waals surface area contributed by atoms with Crippen LogP contribution in [0.2, 0.25) is 0 Å². The molecule has 2 aromatic rings. The average Bonchev–Trinajstić information content (AvgIpc) is 2.48. The van der Waals surface area contributed by atoms with Crippen molar-refractivity contribution in [2.45, 2.75) is 17.3 Å². The number of rotatable bonds is 5. The van der Waals surface area contributed by atoms with Crippen molar-refractivity contribution in [2.24, 2.45) is 0 Å². The van der Waals surface area contributed by atoms with Gasteiger partial charge in [-0.2, -0.15) is 4.98 Å². The summed E-state index contributed by atoms with van der Waals surface area (Å²) in [5.41, 5.74) is -0.337. The van der Waals surface area contributed by atoms with E-state index in [0.717, 1.165) is 16.2 Å². The third-order valence-corrected chi connectivity index (χ3v) is 4.00. The molecule has 0 bridgehead atoms. The largest absolute Gasteiger partial charge is 0.481 e. The van der Waals surface area contributed by atoms with Crippen LogP contribution >= 0.6 is 27.7 Å². The Balaban J connectivity index is 2.03. The highest BCUT2D eigenvalue weighted by Gasteiger charge is 2.17. The molecule has 0 aromatic carbocycles. The number of amides is 1. The minimum atomic E-state index is -0.472. The van der Waals surface area contributed by atoms with E-state index in [2.05, 4.69) is 36.2 Å². The molecule has 0 saturated heterocycles. The van der Waals surface area contributed by atoms with Gasteiger partial charge in [0.15, 0.2) is 5.16 Å². The zero-order valence-electron chi connectivity index (χ0n) is 11.8. The molecule has 0 spiro atoms. The van der Waals surface area contributed by atoms with E-state index in [1.165, 1.54) is 13.2 Å². The van der Waals surface area contributed by atoms with Gasteiger partial charge in [-0.05, 0) is 35.0 Å². The fourth-order valence-electron chi connectivity index (χ4n) is 1.47. The summed E-state index contributed by atoms with van der Waals surface area (Å²) in [4.78, 5) is 34.2. The summed E-state index contributed by atoms with van der Waals surface area (Å²) < 4.78 is 5.75. The number of H-pyrrole nitrogens is 1. The minimum absolute atomic E-state index is 0.202. The van der Waals surface area contributed by atoms with Crippen molar-refractivity contribution in [3.63, 3.8) is 0 Å². The van der Waals surface area contributed by atoms with Crippen LogP contribution in [-0.4, -0.2) is 33.2 Å². The molecule has 7 nitrogen and oxygen atoms in total. The van der Waals surface area contributed by atoms with E-state index in [9.17, 15) is 9.59 Å². The molecule has 2 heterocycles. The van der Waals surface area contributed by atoms with Crippen LogP contribution in [0.25, 0.3) is 0 Å². The highest BCUT2D eigenvalue weighted by Crippen LogP contribution is 2.21. The molecular formula is C13H13BrN4O3S. The molecule has 22 heavy (non-hydrogen) atoms. The Morgan fingerprint density at radius 1 is 1.50 bits per heavy atom. The lowest BCUT2D eigenvalue weighted by molar-refractivity contribution is -0.115. The molecule has 0 aliphatic carbocycles. The summed E-state index contributed by atoms with van der Waals surface area (Å²) >= 11 is 4.39. The molecule has 2 rings (SSSR count). The van der Waals surface area contributed by atoms with Gasteiger partial charge in [0.2, 0.25) is 11.8 Å². The Hall–Kier alpha value is -1.87. The summed E-state index contributed by atoms with van der Waals surface area (Å²) in [6.45, 7) is 1.71. The number of hydrogen-bond donors (Lipinski definition) is 2. The van der Waals surface area contributed by atoms with E-state index in [4.69, 9.17) is 4.74 Å². The van der Waals surface area contributed by atoms with Gasteiger partial charge in [-0.3, -0.25) is 9.59 Å². The van der Waals surface area contributed by atoms with Crippen molar-refractivity contribution in [1.29, 1.82) is 0 Å². The van der Waals surface area contributed by atoms with Gasteiger partial charge in [-0.25, -0.2) is 4.98 Å². The molecule has 0 aliphatic heterocycles. The lowest BCUT2D eigenvalue weighted by atomic mass is 10.4. The van der Waals surface area contributed by atoms with Gasteiger partial charge in [0.25, 0.3) is 5.56 Å². The number of methoxy groups -OCH3 is 1. The third-order valence-electron chi connectivity index (χ3n) is 2.54. The molecule has 0 radical (unpaired) electrons. The average molecular weight is 385 g/mol. The smallest absolute Gasteiger partial charge is 0.255 e. The van der Waals surface area contributed by atoms with E-state index in [0.29, 0.717) is 11.0 Å². The number of carbonyl (C=O) groups excluding carboxylic acids is 1. The second-order valence-corrected chi connectivity index (χ2v) is 6.45. The first-order chi connectivity index (χ1) is 10.5. The second-order valence-electron chi connectivity index (χ2n) is 4.20. The van der Waals surface area contributed by atoms with Gasteiger partial charge in [0.1, 0.15) is 5.82 Å². The Kier molecular flexibility index (Phi) is 5.56. The van der Waals surface area contributed by atoms with Crippen LogP contribution in [0.5, 0.6) is 5.88 Å². The van der Waals surface area contributed by atoms with Crippen LogP contribution in [0.1, 0.15) is 6.92 Å². The van der Waals surface area contributed by atoms with E-state index in [1.807, 2.05) is 0 Å². The van der Waals surface area contributed by atoms with Gasteiger partial charge < -0.3 is 15.0 Å². The van der Waals surface area contributed by atoms with Crippen molar-refractivity contribution >= 4 is 39.4 Å². The Morgan fingerprint density at radius 2 is 2.27 bits per heavy atom. The van der Waals surface area contributed by atoms with Crippen LogP contribution in [0.15, 0.2) is 38.8 Å². The Labute approximate surface area is 139 Å². The number of hydrogen-bond acceptors (Lipinski definition) is 6. The van der Waals surface area contributed by atoms with Crippen LogP contribution in [0.3, 0.4) is 0 Å². The molecule has 2 N–H and O–H groups in total. The number of ether oxygens (including phenoxy) is 1. The third kappa shape index (κ3) is 4.57. The predicted molar refractivity (Wildman–Crippen MR) is 87.3 cm³/mol. The molecule has 1 atom stereocenters. The lowest BCUT2D eigenvalue weighted by Crippen LogP contribution is -2.23. The number of aromatic nitrogens is 3. The number of thioether (sulfide) groups is 1. The van der Waals surface area contributed by atoms with E-state index >= 15 is 0 Å². The number of aromatic amines is 1. The summed E-state index contributed by atoms with van der Waals surface area (Å²) in [7, 11) is 1.42. The zero-order chi connectivity index (χ0) is 16.1. The SMILES string of the molecule is COc1cc(=O)[nH]c(S[C@@H](C)C(=O)Nc2ccc(Br)cn2)n1. The van der Waals surface area contributed by atoms with Crippen LogP contribution < -0.4 is 15.6 Å². The van der Waals surface area contributed by atoms with Gasteiger partial charge in [-0.15, -0.1) is 0 Å². The molecule has 0 fully saturated rings. The van der Waals surface area contributed by atoms with Crippen LogP contribution in [-0.2, 0) is 4.79 Å². The standard InChI is InChI=1S/C13H13BrN4O3S/c1-7(12(20)16-9-4-3-8(14)6-15-9)22-13-17-10(19)5-11(18-13)21-2/h3-7H,1-2H3,(H,15,16,20)(H,17,18,19)/t7-/m0/s1. The first-order valence-corrected chi connectivity index (χ1v) is 7.89. The van der Waals surface area contributed by atoms with E-state index < -0.39 is 5.25 Å². The maximum Gasteiger partial charge on any atom is 0.255 e. The van der Waals surface area contributed by atoms with Crippen LogP contribution in [0, 0.1) is 0 Å². The molecule has 116 valence electrons. The van der Waals surface area contributed by atoms with Crippen molar-refractivity contribution in [1.82, 2.24) is 15.0 Å². The first-order valence-electron chi connectivity index (χ1n) is 6.22. The monoisotopic (exact) mass is 384 g/mol. The second kappa shape index (κ2) is 7.41. The number of nitrogens with one attached hydrogen (secondary N) is 2. The Morgan fingerprint density at radius 3 is 2.91 bits per heavy atom. The highest BCUT2D eigenvalue weighted by molar-refractivity contribution is 9.10. The summed E-state index contributed by atoms with van der Waals surface area (Å²) in [6.07, 6.45) is 1.59. The molecule has 2 aromatic heterocycles. The highest BCUT2D eigenvalue weighted by atomic mass is 79.9. The maximum absolute atomic E-state index is 12.1. The molecule has 0 saturated carbocycles. The van der Waals surface area contributed by atoms with Gasteiger partial charge in [0, 0.05) is 10.7 Å². The van der Waals surface area contributed by atoms with Gasteiger partial charge >= 0.3 is 0 Å². The first kappa shape index (κ1) is 16.5. The lowest BCUT2D eigenvalue weighted by Gasteiger charge is -2.11. The number of carbonyl (C=O) groups is 1. The molecule has 1 amide bonds. The summed E-state index contributed by atoms with van der Waals surface area (Å²) in [6, 6.07) is 4.70. The molecule has 0 unspecified atom stereocenters. The molecular weight excluding hydrogens is 372 g/mol. The predicted octanol–water partition coefficient (Wildman–Crippen LogP) is 2.06. The zero-order valence-corrected chi connectivity index (χ0v) is 14.2. The van der Waals surface area contributed by atoms with Crippen molar-refractivity contribution < 1.29 is 9.53 Å². The Bertz CT molecular complexity index is 720. The van der Waals surface area contributed by atoms with Gasteiger partial charge in [0.05, 0.1) is 18.4 Å². The summed E-state index contributed by atoms with van der Waals surface area (Å²) in [5, 5.41) is 2.53. The maximum atomic E-state index is 12.1. The number of anilines is 1. The number of pyridine rings is 1. The topological polar surface area (TPSA) is 97.0 Å².